The van der Waals surface area contributed by atoms with Crippen molar-refractivity contribution < 1.29 is 13.6 Å². The van der Waals surface area contributed by atoms with Gasteiger partial charge in [0.15, 0.2) is 0 Å². The van der Waals surface area contributed by atoms with Crippen LogP contribution in [0.25, 0.3) is 0 Å². The van der Waals surface area contributed by atoms with Crippen molar-refractivity contribution in [2.75, 3.05) is 0 Å². The lowest BCUT2D eigenvalue weighted by Crippen LogP contribution is -2.26. The monoisotopic (exact) mass is 162 g/mol. The molecule has 1 atom stereocenters. The normalized spacial score (nSPS) is 21.4. The molecule has 11 heavy (non-hydrogen) atoms. The van der Waals surface area contributed by atoms with Crippen molar-refractivity contribution in [1.29, 1.82) is 0 Å². The number of hydrogen-bond acceptors (Lipinski definition) is 1. The van der Waals surface area contributed by atoms with Crippen LogP contribution >= 0.6 is 0 Å². The summed E-state index contributed by atoms with van der Waals surface area (Å²) in [6.45, 7) is 0.902. The van der Waals surface area contributed by atoms with Gasteiger partial charge in [0.2, 0.25) is 5.92 Å². The van der Waals surface area contributed by atoms with Gasteiger partial charge in [-0.2, -0.15) is 0 Å². The maximum absolute atomic E-state index is 12.7. The predicted molar refractivity (Wildman–Crippen MR) is 37.5 cm³/mol. The molecule has 1 aliphatic rings. The van der Waals surface area contributed by atoms with Crippen LogP contribution < -0.4 is 0 Å². The second-order valence-corrected chi connectivity index (χ2v) is 3.30. The van der Waals surface area contributed by atoms with Gasteiger partial charge in [-0.15, -0.1) is 0 Å². The van der Waals surface area contributed by atoms with Gasteiger partial charge in [-0.25, -0.2) is 8.78 Å². The third-order valence-electron chi connectivity index (χ3n) is 2.19. The number of rotatable bonds is 4. The maximum atomic E-state index is 12.7. The van der Waals surface area contributed by atoms with Crippen LogP contribution in [0.5, 0.6) is 0 Å². The van der Waals surface area contributed by atoms with E-state index in [9.17, 15) is 13.6 Å². The van der Waals surface area contributed by atoms with Crippen molar-refractivity contribution in [2.24, 2.45) is 11.8 Å². The summed E-state index contributed by atoms with van der Waals surface area (Å²) in [5.74, 6) is -3.29. The molecule has 0 aromatic heterocycles. The highest BCUT2D eigenvalue weighted by molar-refractivity contribution is 5.50. The molecule has 1 rings (SSSR count). The molecule has 0 aliphatic heterocycles. The molecule has 1 aliphatic carbocycles. The molecule has 0 bridgehead atoms. The molecule has 64 valence electrons. The molecule has 0 amide bonds. The Morgan fingerprint density at radius 1 is 1.64 bits per heavy atom. The van der Waals surface area contributed by atoms with Gasteiger partial charge in [-0.1, -0.05) is 0 Å². The van der Waals surface area contributed by atoms with Crippen LogP contribution in [0, 0.1) is 11.8 Å². The Kier molecular flexibility index (Phi) is 2.25. The zero-order chi connectivity index (χ0) is 8.48. The Morgan fingerprint density at radius 2 is 2.18 bits per heavy atom. The summed E-state index contributed by atoms with van der Waals surface area (Å²) in [5, 5.41) is 0. The largest absolute Gasteiger partial charge is 0.303 e. The summed E-state index contributed by atoms with van der Waals surface area (Å²) in [4.78, 5) is 10.1. The number of carbonyl (C=O) groups excluding carboxylic acids is 1. The SMILES string of the molecule is CC(F)(F)C(CC=O)C1CC1. The van der Waals surface area contributed by atoms with Gasteiger partial charge in [0.05, 0.1) is 0 Å². The summed E-state index contributed by atoms with van der Waals surface area (Å²) in [6, 6.07) is 0. The lowest BCUT2D eigenvalue weighted by atomic mass is 9.94. The van der Waals surface area contributed by atoms with E-state index < -0.39 is 11.8 Å². The van der Waals surface area contributed by atoms with E-state index >= 15 is 0 Å². The smallest absolute Gasteiger partial charge is 0.248 e. The first-order chi connectivity index (χ1) is 5.05. The molecule has 1 nitrogen and oxygen atoms in total. The van der Waals surface area contributed by atoms with Gasteiger partial charge in [0.1, 0.15) is 6.29 Å². The lowest BCUT2D eigenvalue weighted by Gasteiger charge is -2.20. The second kappa shape index (κ2) is 2.88. The van der Waals surface area contributed by atoms with Gasteiger partial charge in [0, 0.05) is 12.3 Å². The van der Waals surface area contributed by atoms with E-state index in [0.29, 0.717) is 6.29 Å². The van der Waals surface area contributed by atoms with Crippen LogP contribution in [-0.2, 0) is 4.79 Å². The van der Waals surface area contributed by atoms with E-state index in [2.05, 4.69) is 0 Å². The van der Waals surface area contributed by atoms with E-state index in [-0.39, 0.29) is 12.3 Å². The molecule has 1 unspecified atom stereocenters. The van der Waals surface area contributed by atoms with E-state index in [4.69, 9.17) is 0 Å². The minimum atomic E-state index is -2.68. The maximum Gasteiger partial charge on any atom is 0.248 e. The first kappa shape index (κ1) is 8.62. The summed E-state index contributed by atoms with van der Waals surface area (Å²) in [6.07, 6.45) is 2.33. The summed E-state index contributed by atoms with van der Waals surface area (Å²) >= 11 is 0. The van der Waals surface area contributed by atoms with Crippen molar-refractivity contribution in [1.82, 2.24) is 0 Å². The minimum Gasteiger partial charge on any atom is -0.303 e. The third-order valence-corrected chi connectivity index (χ3v) is 2.19. The Balaban J connectivity index is 2.50. The summed E-state index contributed by atoms with van der Waals surface area (Å²) in [7, 11) is 0. The van der Waals surface area contributed by atoms with Crippen molar-refractivity contribution in [3.8, 4) is 0 Å². The van der Waals surface area contributed by atoms with Gasteiger partial charge in [-0.3, -0.25) is 0 Å². The average Bonchev–Trinajstić information content (AvgIpc) is 2.61. The topological polar surface area (TPSA) is 17.1 Å². The molecular weight excluding hydrogens is 150 g/mol. The van der Waals surface area contributed by atoms with Crippen molar-refractivity contribution >= 4 is 6.29 Å². The van der Waals surface area contributed by atoms with Crippen LogP contribution in [0.15, 0.2) is 0 Å². The Labute approximate surface area is 64.8 Å². The molecule has 0 heterocycles. The molecule has 1 fully saturated rings. The Bertz CT molecular complexity index is 147. The van der Waals surface area contributed by atoms with Crippen LogP contribution in [0.2, 0.25) is 0 Å². The van der Waals surface area contributed by atoms with E-state index in [0.717, 1.165) is 19.8 Å². The third kappa shape index (κ3) is 2.24. The predicted octanol–water partition coefficient (Wildman–Crippen LogP) is 2.26. The average molecular weight is 162 g/mol. The molecule has 0 N–H and O–H groups in total. The number of alkyl halides is 2. The number of aldehydes is 1. The molecule has 0 spiro atoms. The van der Waals surface area contributed by atoms with Crippen LogP contribution in [0.4, 0.5) is 8.78 Å². The quantitative estimate of drug-likeness (QED) is 0.579. The van der Waals surface area contributed by atoms with Crippen molar-refractivity contribution in [3.05, 3.63) is 0 Å². The van der Waals surface area contributed by atoms with Crippen LogP contribution in [0.3, 0.4) is 0 Å². The number of carbonyl (C=O) groups is 1. The zero-order valence-electron chi connectivity index (χ0n) is 6.52. The molecular formula is C8H12F2O. The second-order valence-electron chi connectivity index (χ2n) is 3.30. The highest BCUT2D eigenvalue weighted by Gasteiger charge is 2.44. The lowest BCUT2D eigenvalue weighted by molar-refractivity contribution is -0.113. The molecule has 3 heteroatoms. The minimum absolute atomic E-state index is 0.00810. The molecule has 0 radical (unpaired) electrons. The Morgan fingerprint density at radius 3 is 2.45 bits per heavy atom. The molecule has 0 aromatic rings. The fraction of sp³-hybridized carbons (Fsp3) is 0.875. The standard InChI is InChI=1S/C8H12F2O/c1-8(9,10)7(4-5-11)6-2-3-6/h5-7H,2-4H2,1H3. The van der Waals surface area contributed by atoms with Gasteiger partial charge < -0.3 is 4.79 Å². The zero-order valence-corrected chi connectivity index (χ0v) is 6.52. The van der Waals surface area contributed by atoms with Crippen molar-refractivity contribution in [2.45, 2.75) is 32.1 Å². The van der Waals surface area contributed by atoms with Gasteiger partial charge in [0.25, 0.3) is 0 Å². The fourth-order valence-corrected chi connectivity index (χ4v) is 1.42. The molecule has 1 saturated carbocycles. The summed E-state index contributed by atoms with van der Waals surface area (Å²) in [5.41, 5.74) is 0. The van der Waals surface area contributed by atoms with E-state index in [1.165, 1.54) is 0 Å². The van der Waals surface area contributed by atoms with Gasteiger partial charge in [-0.05, 0) is 25.7 Å². The number of halogens is 2. The highest BCUT2D eigenvalue weighted by Crippen LogP contribution is 2.45. The highest BCUT2D eigenvalue weighted by atomic mass is 19.3. The fourth-order valence-electron chi connectivity index (χ4n) is 1.42. The van der Waals surface area contributed by atoms with Crippen LogP contribution in [0.1, 0.15) is 26.2 Å². The molecule has 0 saturated heterocycles. The van der Waals surface area contributed by atoms with E-state index in [1.807, 2.05) is 0 Å². The first-order valence-corrected chi connectivity index (χ1v) is 3.87. The van der Waals surface area contributed by atoms with E-state index in [1.54, 1.807) is 0 Å². The van der Waals surface area contributed by atoms with Gasteiger partial charge >= 0.3 is 0 Å². The summed E-state index contributed by atoms with van der Waals surface area (Å²) < 4.78 is 25.4. The first-order valence-electron chi connectivity index (χ1n) is 3.87. The Hall–Kier alpha value is -0.470. The van der Waals surface area contributed by atoms with Crippen LogP contribution in [-0.4, -0.2) is 12.2 Å². The molecule has 0 aromatic carbocycles. The van der Waals surface area contributed by atoms with Crippen molar-refractivity contribution in [3.63, 3.8) is 0 Å². The number of hydrogen-bond donors (Lipinski definition) is 0.